The minimum absolute atomic E-state index is 0.340. The third kappa shape index (κ3) is 5.09. The third-order valence-electron chi connectivity index (χ3n) is 5.03. The lowest BCUT2D eigenvalue weighted by Gasteiger charge is -2.03. The van der Waals surface area contributed by atoms with E-state index in [-0.39, 0.29) is 5.91 Å². The Hall–Kier alpha value is -3.22. The average Bonchev–Trinajstić information content (AvgIpc) is 3.47. The number of nitrogens with one attached hydrogen (secondary N) is 1. The van der Waals surface area contributed by atoms with E-state index in [1.54, 1.807) is 66.7 Å². The number of oxazole rings is 1. The van der Waals surface area contributed by atoms with Crippen LogP contribution in [0.15, 0.2) is 81.6 Å². The van der Waals surface area contributed by atoms with Gasteiger partial charge in [-0.2, -0.15) is 0 Å². The maximum Gasteiger partial charge on any atom is 0.248 e. The zero-order valence-electron chi connectivity index (χ0n) is 17.7. The van der Waals surface area contributed by atoms with Gasteiger partial charge in [-0.3, -0.25) is 4.79 Å². The van der Waals surface area contributed by atoms with Crippen molar-refractivity contribution in [3.05, 3.63) is 98.7 Å². The van der Waals surface area contributed by atoms with Gasteiger partial charge in [-0.05, 0) is 60.7 Å². The highest BCUT2D eigenvalue weighted by Crippen LogP contribution is 2.35. The monoisotopic (exact) mass is 542 g/mol. The van der Waals surface area contributed by atoms with Crippen LogP contribution >= 0.6 is 46.4 Å². The van der Waals surface area contributed by atoms with E-state index in [9.17, 15) is 4.79 Å². The highest BCUT2D eigenvalue weighted by molar-refractivity contribution is 6.43. The first-order chi connectivity index (χ1) is 16.9. The number of anilines is 1. The molecule has 0 saturated heterocycles. The van der Waals surface area contributed by atoms with Crippen molar-refractivity contribution in [2.75, 3.05) is 5.32 Å². The molecule has 0 aliphatic heterocycles. The largest absolute Gasteiger partial charge is 0.457 e. The molecule has 5 rings (SSSR count). The molecule has 35 heavy (non-hydrogen) atoms. The molecule has 2 aromatic heterocycles. The van der Waals surface area contributed by atoms with Gasteiger partial charge in [-0.15, -0.1) is 0 Å². The van der Waals surface area contributed by atoms with Gasteiger partial charge in [0, 0.05) is 27.9 Å². The molecule has 0 aliphatic rings. The number of fused-ring (bicyclic) bond motifs is 1. The summed E-state index contributed by atoms with van der Waals surface area (Å²) >= 11 is 24.6. The summed E-state index contributed by atoms with van der Waals surface area (Å²) < 4.78 is 11.6. The second kappa shape index (κ2) is 9.80. The Morgan fingerprint density at radius 3 is 2.57 bits per heavy atom. The van der Waals surface area contributed by atoms with Crippen molar-refractivity contribution >= 4 is 75.2 Å². The van der Waals surface area contributed by atoms with Gasteiger partial charge in [-0.1, -0.05) is 58.5 Å². The molecule has 0 radical (unpaired) electrons. The molecule has 1 amide bonds. The van der Waals surface area contributed by atoms with Gasteiger partial charge in [0.05, 0.1) is 15.1 Å². The molecule has 0 saturated carbocycles. The van der Waals surface area contributed by atoms with Crippen molar-refractivity contribution in [1.82, 2.24) is 4.98 Å². The van der Waals surface area contributed by atoms with Crippen LogP contribution in [0.2, 0.25) is 20.1 Å². The van der Waals surface area contributed by atoms with E-state index in [0.29, 0.717) is 65.4 Å². The topological polar surface area (TPSA) is 68.3 Å². The van der Waals surface area contributed by atoms with Crippen LogP contribution in [0.4, 0.5) is 5.69 Å². The highest BCUT2D eigenvalue weighted by atomic mass is 35.5. The Morgan fingerprint density at radius 1 is 0.886 bits per heavy atom. The van der Waals surface area contributed by atoms with Gasteiger partial charge >= 0.3 is 0 Å². The Bertz CT molecular complexity index is 1600. The molecule has 0 fully saturated rings. The lowest BCUT2D eigenvalue weighted by Crippen LogP contribution is -2.07. The zero-order valence-corrected chi connectivity index (χ0v) is 20.7. The van der Waals surface area contributed by atoms with Crippen molar-refractivity contribution in [2.24, 2.45) is 0 Å². The number of hydrogen-bond donors (Lipinski definition) is 1. The molecular weight excluding hydrogens is 530 g/mol. The fraction of sp³-hybridized carbons (Fsp3) is 0. The van der Waals surface area contributed by atoms with E-state index < -0.39 is 0 Å². The maximum absolute atomic E-state index is 12.5. The van der Waals surface area contributed by atoms with Crippen molar-refractivity contribution in [3.8, 4) is 22.8 Å². The molecule has 0 unspecified atom stereocenters. The molecule has 0 atom stereocenters. The fourth-order valence-electron chi connectivity index (χ4n) is 3.44. The summed E-state index contributed by atoms with van der Waals surface area (Å²) in [6, 6.07) is 19.2. The number of benzene rings is 3. The molecule has 0 spiro atoms. The smallest absolute Gasteiger partial charge is 0.248 e. The zero-order chi connectivity index (χ0) is 24.5. The maximum atomic E-state index is 12.5. The standard InChI is InChI=1S/C26H14Cl4N2O3/c27-15-12-20(29)25-21(13-15)32-26(35-25)14-3-1-4-16(11-14)31-23(33)10-8-17-7-9-22(34-17)18-5-2-6-19(28)24(18)30/h1-13H,(H,31,33). The molecule has 174 valence electrons. The van der Waals surface area contributed by atoms with Crippen LogP contribution in [0.1, 0.15) is 5.76 Å². The first kappa shape index (κ1) is 23.5. The number of carbonyl (C=O) groups is 1. The lowest BCUT2D eigenvalue weighted by molar-refractivity contribution is -0.111. The Balaban J connectivity index is 1.31. The number of halogens is 4. The SMILES string of the molecule is O=C(C=Cc1ccc(-c2cccc(Cl)c2Cl)o1)Nc1cccc(-c2nc3cc(Cl)cc(Cl)c3o2)c1. The van der Waals surface area contributed by atoms with E-state index in [1.807, 2.05) is 6.07 Å². The summed E-state index contributed by atoms with van der Waals surface area (Å²) in [7, 11) is 0. The van der Waals surface area contributed by atoms with Crippen molar-refractivity contribution in [1.29, 1.82) is 0 Å². The second-order valence-corrected chi connectivity index (χ2v) is 9.09. The third-order valence-corrected chi connectivity index (χ3v) is 6.35. The molecule has 0 aliphatic carbocycles. The first-order valence-electron chi connectivity index (χ1n) is 10.3. The van der Waals surface area contributed by atoms with E-state index in [0.717, 1.165) is 0 Å². The molecule has 0 bridgehead atoms. The van der Waals surface area contributed by atoms with E-state index >= 15 is 0 Å². The number of carbonyl (C=O) groups excluding carboxylic acids is 1. The molecule has 1 N–H and O–H groups in total. The van der Waals surface area contributed by atoms with Crippen LogP contribution in [0, 0.1) is 0 Å². The van der Waals surface area contributed by atoms with E-state index in [2.05, 4.69) is 10.3 Å². The van der Waals surface area contributed by atoms with Crippen LogP contribution in [0.25, 0.3) is 40.0 Å². The Kier molecular flexibility index (Phi) is 6.58. The van der Waals surface area contributed by atoms with Crippen molar-refractivity contribution in [3.63, 3.8) is 0 Å². The molecule has 5 aromatic rings. The average molecular weight is 544 g/mol. The Labute approximate surface area is 219 Å². The number of nitrogens with zero attached hydrogens (tertiary/aromatic N) is 1. The molecular formula is C26H14Cl4N2O3. The summed E-state index contributed by atoms with van der Waals surface area (Å²) in [6.07, 6.45) is 2.93. The molecule has 9 heteroatoms. The van der Waals surface area contributed by atoms with Gasteiger partial charge < -0.3 is 14.2 Å². The number of amides is 1. The van der Waals surface area contributed by atoms with Crippen LogP contribution in [-0.4, -0.2) is 10.9 Å². The minimum Gasteiger partial charge on any atom is -0.457 e. The minimum atomic E-state index is -0.340. The Morgan fingerprint density at radius 2 is 1.71 bits per heavy atom. The fourth-order valence-corrected chi connectivity index (χ4v) is 4.35. The highest BCUT2D eigenvalue weighted by Gasteiger charge is 2.13. The number of rotatable bonds is 5. The van der Waals surface area contributed by atoms with Gasteiger partial charge in [0.2, 0.25) is 11.8 Å². The van der Waals surface area contributed by atoms with Gasteiger partial charge in [0.1, 0.15) is 17.0 Å². The number of aromatic nitrogens is 1. The molecule has 2 heterocycles. The predicted molar refractivity (Wildman–Crippen MR) is 141 cm³/mol. The summed E-state index contributed by atoms with van der Waals surface area (Å²) in [5, 5.41) is 4.49. The van der Waals surface area contributed by atoms with Crippen LogP contribution in [0.5, 0.6) is 0 Å². The van der Waals surface area contributed by atoms with Crippen LogP contribution in [0.3, 0.4) is 0 Å². The summed E-state index contributed by atoms with van der Waals surface area (Å²) in [6.45, 7) is 0. The van der Waals surface area contributed by atoms with Gasteiger partial charge in [0.25, 0.3) is 0 Å². The quantitative estimate of drug-likeness (QED) is 0.224. The lowest BCUT2D eigenvalue weighted by atomic mass is 10.2. The second-order valence-electron chi connectivity index (χ2n) is 7.46. The van der Waals surface area contributed by atoms with Gasteiger partial charge in [-0.25, -0.2) is 4.98 Å². The van der Waals surface area contributed by atoms with E-state index in [1.165, 1.54) is 6.08 Å². The summed E-state index contributed by atoms with van der Waals surface area (Å²) in [5.41, 5.74) is 2.90. The summed E-state index contributed by atoms with van der Waals surface area (Å²) in [4.78, 5) is 16.9. The normalized spacial score (nSPS) is 11.4. The van der Waals surface area contributed by atoms with Crippen LogP contribution in [-0.2, 0) is 4.79 Å². The van der Waals surface area contributed by atoms with Gasteiger partial charge in [0.15, 0.2) is 5.58 Å². The van der Waals surface area contributed by atoms with E-state index in [4.69, 9.17) is 55.2 Å². The van der Waals surface area contributed by atoms with Crippen molar-refractivity contribution in [2.45, 2.75) is 0 Å². The number of hydrogen-bond acceptors (Lipinski definition) is 4. The molecule has 5 nitrogen and oxygen atoms in total. The summed E-state index contributed by atoms with van der Waals surface area (Å²) in [5.74, 6) is 1.05. The number of furan rings is 1. The van der Waals surface area contributed by atoms with Crippen molar-refractivity contribution < 1.29 is 13.6 Å². The first-order valence-corrected chi connectivity index (χ1v) is 11.8. The molecule has 3 aromatic carbocycles. The predicted octanol–water partition coefficient (Wildman–Crippen LogP) is 9.02. The van der Waals surface area contributed by atoms with Crippen LogP contribution < -0.4 is 5.32 Å².